The number of aromatic nitrogens is 1. The monoisotopic (exact) mass is 529 g/mol. The van der Waals surface area contributed by atoms with Crippen LogP contribution < -0.4 is 14.8 Å². The third-order valence-corrected chi connectivity index (χ3v) is 7.08. The maximum atomic E-state index is 10.3. The molecule has 2 aliphatic carbocycles. The first-order chi connectivity index (χ1) is 17.9. The zero-order valence-corrected chi connectivity index (χ0v) is 23.0. The van der Waals surface area contributed by atoms with Crippen LogP contribution in [0.2, 0.25) is 5.02 Å². The number of nitrogens with one attached hydrogen (secondary N) is 1. The Hall–Kier alpha value is -2.80. The molecule has 1 N–H and O–H groups in total. The van der Waals surface area contributed by atoms with Crippen molar-refractivity contribution in [2.24, 2.45) is 11.8 Å². The molecule has 2 aromatic rings. The molecule has 202 valence electrons. The number of rotatable bonds is 13. The molecular weight excluding hydrogens is 490 g/mol. The van der Waals surface area contributed by atoms with Gasteiger partial charge in [0.15, 0.2) is 0 Å². The van der Waals surface area contributed by atoms with Crippen molar-refractivity contribution in [1.29, 1.82) is 0 Å². The molecule has 0 aliphatic heterocycles. The normalized spacial score (nSPS) is 22.3. The van der Waals surface area contributed by atoms with Crippen LogP contribution in [0.3, 0.4) is 0 Å². The first-order valence-corrected chi connectivity index (χ1v) is 13.7. The molecule has 4 rings (SSSR count). The van der Waals surface area contributed by atoms with Gasteiger partial charge in [0.2, 0.25) is 18.7 Å². The molecule has 2 amide bonds. The molecule has 1 aromatic carbocycles. The van der Waals surface area contributed by atoms with Crippen molar-refractivity contribution < 1.29 is 19.1 Å². The van der Waals surface area contributed by atoms with Gasteiger partial charge in [-0.3, -0.25) is 9.59 Å². The Bertz CT molecular complexity index is 1050. The van der Waals surface area contributed by atoms with Crippen LogP contribution in [0.5, 0.6) is 11.6 Å². The second-order valence-electron chi connectivity index (χ2n) is 9.99. The highest BCUT2D eigenvalue weighted by atomic mass is 35.5. The van der Waals surface area contributed by atoms with Gasteiger partial charge in [-0.05, 0) is 75.8 Å². The van der Waals surface area contributed by atoms with E-state index in [-0.39, 0.29) is 6.10 Å². The Kier molecular flexibility index (Phi) is 11.5. The number of halogens is 1. The van der Waals surface area contributed by atoms with Crippen LogP contribution >= 0.6 is 11.6 Å². The van der Waals surface area contributed by atoms with E-state index in [1.54, 1.807) is 11.9 Å². The van der Waals surface area contributed by atoms with Gasteiger partial charge in [-0.2, -0.15) is 0 Å². The number of nitrogens with zero attached hydrogens (tertiary/aromatic N) is 2. The summed E-state index contributed by atoms with van der Waals surface area (Å²) in [6.07, 6.45) is 14.0. The minimum absolute atomic E-state index is 0.277. The summed E-state index contributed by atoms with van der Waals surface area (Å²) in [5.74, 6) is 2.67. The second kappa shape index (κ2) is 14.8. The number of fused-ring (bicyclic) bond motifs is 1. The quantitative estimate of drug-likeness (QED) is 0.202. The Labute approximate surface area is 225 Å². The predicted octanol–water partition coefficient (Wildman–Crippen LogP) is 5.79. The number of amides is 2. The van der Waals surface area contributed by atoms with E-state index in [2.05, 4.69) is 29.4 Å². The van der Waals surface area contributed by atoms with Gasteiger partial charge in [0.25, 0.3) is 0 Å². The van der Waals surface area contributed by atoms with Crippen molar-refractivity contribution in [3.8, 4) is 11.6 Å². The van der Waals surface area contributed by atoms with Crippen molar-refractivity contribution in [2.45, 2.75) is 70.9 Å². The maximum Gasteiger partial charge on any atom is 0.217 e. The highest BCUT2D eigenvalue weighted by Gasteiger charge is 2.33. The van der Waals surface area contributed by atoms with E-state index in [4.69, 9.17) is 21.1 Å². The molecule has 2 saturated carbocycles. The summed E-state index contributed by atoms with van der Waals surface area (Å²) in [7, 11) is 1.79. The van der Waals surface area contributed by atoms with Gasteiger partial charge in [0, 0.05) is 31.1 Å². The van der Waals surface area contributed by atoms with Crippen LogP contribution in [0.1, 0.15) is 58.8 Å². The zero-order valence-electron chi connectivity index (χ0n) is 22.2. The molecule has 7 nitrogen and oxygen atoms in total. The van der Waals surface area contributed by atoms with Crippen LogP contribution in [-0.4, -0.2) is 55.0 Å². The molecule has 2 fully saturated rings. The van der Waals surface area contributed by atoms with Crippen LogP contribution in [0.15, 0.2) is 36.4 Å². The Balaban J connectivity index is 0.000000214. The Morgan fingerprint density at radius 1 is 1.22 bits per heavy atom. The molecule has 1 heterocycles. The summed E-state index contributed by atoms with van der Waals surface area (Å²) >= 11 is 6.27. The number of allylic oxidation sites excluding steroid dienone is 1. The fourth-order valence-corrected chi connectivity index (χ4v) is 4.79. The summed E-state index contributed by atoms with van der Waals surface area (Å²) in [5, 5.41) is 4.34. The van der Waals surface area contributed by atoms with E-state index in [0.29, 0.717) is 29.5 Å². The van der Waals surface area contributed by atoms with Crippen LogP contribution in [0, 0.1) is 11.8 Å². The fraction of sp³-hybridized carbons (Fsp3) is 0.552. The Morgan fingerprint density at radius 3 is 2.76 bits per heavy atom. The highest BCUT2D eigenvalue weighted by molar-refractivity contribution is 6.35. The van der Waals surface area contributed by atoms with E-state index >= 15 is 0 Å². The maximum absolute atomic E-state index is 10.3. The van der Waals surface area contributed by atoms with Crippen LogP contribution in [0.25, 0.3) is 10.9 Å². The zero-order chi connectivity index (χ0) is 26.6. The average molecular weight is 530 g/mol. The molecule has 0 unspecified atom stereocenters. The van der Waals surface area contributed by atoms with Crippen molar-refractivity contribution in [3.63, 3.8) is 0 Å². The summed E-state index contributed by atoms with van der Waals surface area (Å²) in [6.45, 7) is 5.62. The van der Waals surface area contributed by atoms with E-state index in [9.17, 15) is 9.59 Å². The lowest BCUT2D eigenvalue weighted by atomic mass is 10.1. The van der Waals surface area contributed by atoms with Crippen molar-refractivity contribution in [3.05, 3.63) is 41.4 Å². The van der Waals surface area contributed by atoms with E-state index in [1.165, 1.54) is 6.42 Å². The van der Waals surface area contributed by atoms with Gasteiger partial charge in [-0.25, -0.2) is 4.98 Å². The predicted molar refractivity (Wildman–Crippen MR) is 148 cm³/mol. The first kappa shape index (κ1) is 28.8. The van der Waals surface area contributed by atoms with Gasteiger partial charge in [0.1, 0.15) is 5.75 Å². The van der Waals surface area contributed by atoms with Crippen molar-refractivity contribution >= 4 is 35.3 Å². The lowest BCUT2D eigenvalue weighted by Crippen LogP contribution is -2.16. The topological polar surface area (TPSA) is 80.8 Å². The molecule has 37 heavy (non-hydrogen) atoms. The van der Waals surface area contributed by atoms with E-state index in [1.807, 2.05) is 31.2 Å². The minimum Gasteiger partial charge on any atom is -0.490 e. The summed E-state index contributed by atoms with van der Waals surface area (Å²) in [6, 6.07) is 8.02. The number of unbranched alkanes of at least 4 members (excludes halogenated alkanes) is 2. The Morgan fingerprint density at radius 2 is 2.05 bits per heavy atom. The number of ether oxygens (including phenoxy) is 2. The van der Waals surface area contributed by atoms with Gasteiger partial charge in [0.05, 0.1) is 23.3 Å². The number of hydrogen-bond acceptors (Lipinski definition) is 5. The number of hydrogen-bond donors (Lipinski definition) is 1. The molecule has 0 radical (unpaired) electrons. The first-order valence-electron chi connectivity index (χ1n) is 13.4. The van der Waals surface area contributed by atoms with Crippen LogP contribution in [0.4, 0.5) is 0 Å². The van der Waals surface area contributed by atoms with Crippen LogP contribution in [-0.2, 0) is 9.59 Å². The van der Waals surface area contributed by atoms with Crippen molar-refractivity contribution in [1.82, 2.24) is 15.2 Å². The van der Waals surface area contributed by atoms with Gasteiger partial charge >= 0.3 is 0 Å². The van der Waals surface area contributed by atoms with Crippen molar-refractivity contribution in [2.75, 3.05) is 20.2 Å². The standard InChI is InChI=1S/C17H20ClNO2.C12H20N2O2/c1-3-20-16-10-15(21-12-8-7-11(2)9-12)13-5-4-6-14(18)17(13)19-16;1-14(10-16)7-5-3-2-4-6-11-8-12(11)13-9-15/h4-6,10-12H,3,7-9H2,1-2H3;4,6,9-12H,2-3,5,7-8H2,1H3,(H,13,15)/b;6-4-/t2*11-,12-/m01/s1. The molecule has 4 atom stereocenters. The average Bonchev–Trinajstić information content (AvgIpc) is 3.50. The number of para-hydroxylation sites is 1. The number of pyridine rings is 1. The van der Waals surface area contributed by atoms with E-state index in [0.717, 1.165) is 80.5 Å². The molecule has 0 saturated heterocycles. The molecular formula is C29H40ClN3O4. The minimum atomic E-state index is 0.277. The number of carbonyl (C=O) groups excluding carboxylic acids is 2. The molecule has 8 heteroatoms. The molecule has 0 spiro atoms. The summed E-state index contributed by atoms with van der Waals surface area (Å²) < 4.78 is 11.8. The molecule has 0 bridgehead atoms. The van der Waals surface area contributed by atoms with E-state index < -0.39 is 0 Å². The molecule has 1 aromatic heterocycles. The van der Waals surface area contributed by atoms with Gasteiger partial charge in [-0.15, -0.1) is 0 Å². The summed E-state index contributed by atoms with van der Waals surface area (Å²) in [4.78, 5) is 26.6. The number of carbonyl (C=O) groups is 2. The van der Waals surface area contributed by atoms with Gasteiger partial charge in [-0.1, -0.05) is 36.7 Å². The third kappa shape index (κ3) is 9.22. The summed E-state index contributed by atoms with van der Waals surface area (Å²) in [5.41, 5.74) is 0.742. The molecule has 2 aliphatic rings. The largest absolute Gasteiger partial charge is 0.490 e. The second-order valence-corrected chi connectivity index (χ2v) is 10.4. The fourth-order valence-electron chi connectivity index (χ4n) is 4.57. The lowest BCUT2D eigenvalue weighted by Gasteiger charge is -2.16. The SMILES string of the molecule is CCOc1cc(O[C@H]2CC[C@H](C)C2)c2cccc(Cl)c2n1.CN(C=O)CCCC/C=C\[C@@H]1C[C@H]1NC=O. The lowest BCUT2D eigenvalue weighted by molar-refractivity contribution is -0.117. The smallest absolute Gasteiger partial charge is 0.217 e. The highest BCUT2D eigenvalue weighted by Crippen LogP contribution is 2.36. The van der Waals surface area contributed by atoms with Gasteiger partial charge < -0.3 is 19.7 Å². The third-order valence-electron chi connectivity index (χ3n) is 6.78. The number of benzene rings is 1.